The van der Waals surface area contributed by atoms with E-state index in [1.54, 1.807) is 16.8 Å². The first kappa shape index (κ1) is 19.8. The van der Waals surface area contributed by atoms with Gasteiger partial charge in [0, 0.05) is 25.7 Å². The Balaban J connectivity index is 2.09. The SMILES string of the molecule is COc1cc(Cl)c(Cl)cc1C(=O)N1CCOC(CN(C)CC(=O)O)C1. The van der Waals surface area contributed by atoms with Crippen LogP contribution in [0.1, 0.15) is 10.4 Å². The van der Waals surface area contributed by atoms with E-state index < -0.39 is 5.97 Å². The molecule has 0 spiro atoms. The zero-order chi connectivity index (χ0) is 18.6. The van der Waals surface area contributed by atoms with E-state index in [1.807, 2.05) is 0 Å². The van der Waals surface area contributed by atoms with E-state index in [9.17, 15) is 9.59 Å². The number of amides is 1. The predicted octanol–water partition coefficient (Wildman–Crippen LogP) is 1.86. The Kier molecular flexibility index (Phi) is 6.89. The summed E-state index contributed by atoms with van der Waals surface area (Å²) in [5.74, 6) is -0.790. The molecule has 1 aliphatic heterocycles. The minimum Gasteiger partial charge on any atom is -0.496 e. The molecule has 0 bridgehead atoms. The number of halogens is 2. The lowest BCUT2D eigenvalue weighted by Gasteiger charge is -2.34. The number of aliphatic carboxylic acids is 1. The van der Waals surface area contributed by atoms with Crippen LogP contribution in [0.15, 0.2) is 12.1 Å². The van der Waals surface area contributed by atoms with Crippen molar-refractivity contribution in [2.45, 2.75) is 6.10 Å². The van der Waals surface area contributed by atoms with Crippen molar-refractivity contribution in [3.63, 3.8) is 0 Å². The molecule has 1 aromatic carbocycles. The van der Waals surface area contributed by atoms with Gasteiger partial charge in [0.1, 0.15) is 5.75 Å². The molecule has 0 aromatic heterocycles. The Hall–Kier alpha value is -1.54. The van der Waals surface area contributed by atoms with Gasteiger partial charge in [-0.15, -0.1) is 0 Å². The van der Waals surface area contributed by atoms with E-state index >= 15 is 0 Å². The number of carboxylic acids is 1. The molecule has 0 radical (unpaired) electrons. The highest BCUT2D eigenvalue weighted by atomic mass is 35.5. The molecule has 2 rings (SSSR count). The standard InChI is InChI=1S/C16H20Cl2N2O5/c1-19(9-15(21)22)7-10-8-20(3-4-25-10)16(23)11-5-12(17)13(18)6-14(11)24-2/h5-6,10H,3-4,7-9H2,1-2H3,(H,21,22). The first-order valence-corrected chi connectivity index (χ1v) is 8.41. The summed E-state index contributed by atoms with van der Waals surface area (Å²) in [6.07, 6.45) is -0.268. The number of nitrogens with zero attached hydrogens (tertiary/aromatic N) is 2. The van der Waals surface area contributed by atoms with Gasteiger partial charge in [-0.3, -0.25) is 14.5 Å². The minimum atomic E-state index is -0.910. The zero-order valence-electron chi connectivity index (χ0n) is 14.0. The molecule has 1 aromatic rings. The van der Waals surface area contributed by atoms with E-state index in [0.29, 0.717) is 42.6 Å². The average molecular weight is 391 g/mol. The van der Waals surface area contributed by atoms with Gasteiger partial charge in [0.2, 0.25) is 0 Å². The second-order valence-corrected chi connectivity index (χ2v) is 6.62. The number of carbonyl (C=O) groups excluding carboxylic acids is 1. The van der Waals surface area contributed by atoms with Gasteiger partial charge in [0.25, 0.3) is 5.91 Å². The number of ether oxygens (including phenoxy) is 2. The number of benzene rings is 1. The number of rotatable bonds is 6. The van der Waals surface area contributed by atoms with Gasteiger partial charge in [-0.1, -0.05) is 23.2 Å². The summed E-state index contributed by atoms with van der Waals surface area (Å²) in [5.41, 5.74) is 0.330. The van der Waals surface area contributed by atoms with Crippen LogP contribution in [-0.4, -0.2) is 79.8 Å². The molecule has 1 aliphatic rings. The first-order chi connectivity index (χ1) is 11.8. The van der Waals surface area contributed by atoms with Gasteiger partial charge in [-0.25, -0.2) is 0 Å². The molecule has 1 atom stereocenters. The quantitative estimate of drug-likeness (QED) is 0.798. The van der Waals surface area contributed by atoms with Crippen LogP contribution in [0.5, 0.6) is 5.75 Å². The first-order valence-electron chi connectivity index (χ1n) is 7.66. The third-order valence-corrected chi connectivity index (χ3v) is 4.54. The van der Waals surface area contributed by atoms with Gasteiger partial charge >= 0.3 is 5.97 Å². The van der Waals surface area contributed by atoms with Crippen molar-refractivity contribution >= 4 is 35.1 Å². The maximum atomic E-state index is 12.8. The molecule has 1 amide bonds. The predicted molar refractivity (Wildman–Crippen MR) is 93.8 cm³/mol. The summed E-state index contributed by atoms with van der Waals surface area (Å²) in [6.45, 7) is 1.48. The second kappa shape index (κ2) is 8.71. The maximum absolute atomic E-state index is 12.8. The molecule has 7 nitrogen and oxygen atoms in total. The summed E-state index contributed by atoms with van der Waals surface area (Å²) in [4.78, 5) is 26.9. The number of morpholine rings is 1. The molecule has 1 fully saturated rings. The summed E-state index contributed by atoms with van der Waals surface area (Å²) in [6, 6.07) is 3.00. The normalized spacial score (nSPS) is 17.6. The van der Waals surface area contributed by atoms with Gasteiger partial charge in [-0.2, -0.15) is 0 Å². The molecule has 1 unspecified atom stereocenters. The number of hydrogen-bond acceptors (Lipinski definition) is 5. The summed E-state index contributed by atoms with van der Waals surface area (Å²) < 4.78 is 10.9. The van der Waals surface area contributed by atoms with Crippen LogP contribution < -0.4 is 4.74 Å². The molecule has 0 saturated carbocycles. The monoisotopic (exact) mass is 390 g/mol. The van der Waals surface area contributed by atoms with Crippen LogP contribution in [0.4, 0.5) is 0 Å². The summed E-state index contributed by atoms with van der Waals surface area (Å²) in [5, 5.41) is 9.41. The lowest BCUT2D eigenvalue weighted by Crippen LogP contribution is -2.49. The van der Waals surface area contributed by atoms with E-state index in [-0.39, 0.29) is 23.6 Å². The van der Waals surface area contributed by atoms with E-state index in [2.05, 4.69) is 0 Å². The lowest BCUT2D eigenvalue weighted by molar-refractivity contribution is -0.138. The van der Waals surface area contributed by atoms with Crippen molar-refractivity contribution < 1.29 is 24.2 Å². The smallest absolute Gasteiger partial charge is 0.317 e. The van der Waals surface area contributed by atoms with Crippen molar-refractivity contribution in [3.05, 3.63) is 27.7 Å². The minimum absolute atomic E-state index is 0.0889. The fourth-order valence-electron chi connectivity index (χ4n) is 2.69. The van der Waals surface area contributed by atoms with Crippen molar-refractivity contribution in [3.8, 4) is 5.75 Å². The van der Waals surface area contributed by atoms with E-state index in [1.165, 1.54) is 19.2 Å². The fourth-order valence-corrected chi connectivity index (χ4v) is 3.01. The maximum Gasteiger partial charge on any atom is 0.317 e. The molecule has 1 N–H and O–H groups in total. The molecular weight excluding hydrogens is 371 g/mol. The van der Waals surface area contributed by atoms with Crippen molar-refractivity contribution in [2.24, 2.45) is 0 Å². The molecule has 0 aliphatic carbocycles. The Labute approximate surface area is 156 Å². The average Bonchev–Trinajstić information content (AvgIpc) is 2.55. The van der Waals surface area contributed by atoms with E-state index in [0.717, 1.165) is 0 Å². The Morgan fingerprint density at radius 3 is 2.72 bits per heavy atom. The van der Waals surface area contributed by atoms with Crippen molar-refractivity contribution in [2.75, 3.05) is 46.9 Å². The Morgan fingerprint density at radius 2 is 2.08 bits per heavy atom. The molecule has 1 saturated heterocycles. The highest BCUT2D eigenvalue weighted by Crippen LogP contribution is 2.31. The number of hydrogen-bond donors (Lipinski definition) is 1. The zero-order valence-corrected chi connectivity index (χ0v) is 15.5. The van der Waals surface area contributed by atoms with Gasteiger partial charge in [0.15, 0.2) is 0 Å². The van der Waals surface area contributed by atoms with Crippen LogP contribution >= 0.6 is 23.2 Å². The topological polar surface area (TPSA) is 79.3 Å². The highest BCUT2D eigenvalue weighted by Gasteiger charge is 2.28. The van der Waals surface area contributed by atoms with Gasteiger partial charge in [-0.05, 0) is 13.1 Å². The highest BCUT2D eigenvalue weighted by molar-refractivity contribution is 6.42. The van der Waals surface area contributed by atoms with Crippen LogP contribution in [0.25, 0.3) is 0 Å². The molecule has 25 heavy (non-hydrogen) atoms. The van der Waals surface area contributed by atoms with Gasteiger partial charge < -0.3 is 19.5 Å². The lowest BCUT2D eigenvalue weighted by atomic mass is 10.1. The second-order valence-electron chi connectivity index (χ2n) is 5.80. The van der Waals surface area contributed by atoms with Crippen molar-refractivity contribution in [1.82, 2.24) is 9.80 Å². The van der Waals surface area contributed by atoms with Crippen LogP contribution in [0, 0.1) is 0 Å². The molecule has 1 heterocycles. The fraction of sp³-hybridized carbons (Fsp3) is 0.500. The third-order valence-electron chi connectivity index (χ3n) is 3.82. The van der Waals surface area contributed by atoms with Crippen molar-refractivity contribution in [1.29, 1.82) is 0 Å². The third kappa shape index (κ3) is 5.22. The van der Waals surface area contributed by atoms with Crippen LogP contribution in [0.2, 0.25) is 10.0 Å². The molecular formula is C16H20Cl2N2O5. The van der Waals surface area contributed by atoms with E-state index in [4.69, 9.17) is 37.8 Å². The summed E-state index contributed by atoms with van der Waals surface area (Å²) in [7, 11) is 3.15. The number of methoxy groups -OCH3 is 1. The molecule has 138 valence electrons. The Bertz CT molecular complexity index is 656. The van der Waals surface area contributed by atoms with Crippen LogP contribution in [-0.2, 0) is 9.53 Å². The summed E-state index contributed by atoms with van der Waals surface area (Å²) >= 11 is 12.0. The Morgan fingerprint density at radius 1 is 1.40 bits per heavy atom. The number of carboxylic acid groups (broad SMARTS) is 1. The van der Waals surface area contributed by atoms with Crippen LogP contribution in [0.3, 0.4) is 0 Å². The number of carbonyl (C=O) groups is 2. The molecule has 9 heteroatoms. The van der Waals surface area contributed by atoms with Gasteiger partial charge in [0.05, 0.1) is 42.0 Å². The number of likely N-dealkylation sites (N-methyl/N-ethyl adjacent to an activating group) is 1. The largest absolute Gasteiger partial charge is 0.496 e.